The molecule has 4 aromatic rings. The van der Waals surface area contributed by atoms with Crippen molar-refractivity contribution in [1.29, 1.82) is 0 Å². The van der Waals surface area contributed by atoms with E-state index in [9.17, 15) is 51.9 Å². The van der Waals surface area contributed by atoms with Crippen LogP contribution < -0.4 is 0 Å². The van der Waals surface area contributed by atoms with Gasteiger partial charge in [-0.3, -0.25) is 18.2 Å². The van der Waals surface area contributed by atoms with Crippen molar-refractivity contribution in [2.24, 2.45) is 20.0 Å². The Morgan fingerprint density at radius 1 is 0.354 bits per heavy atom. The number of nitrogens with zero attached hydrogens (tertiary/aromatic N) is 4. The molecule has 0 radical (unpaired) electrons. The molecule has 8 bridgehead atoms. The number of hydrogen-bond donors (Lipinski definition) is 4. The van der Waals surface area contributed by atoms with Crippen LogP contribution in [0.5, 0.6) is 0 Å². The van der Waals surface area contributed by atoms with Gasteiger partial charge in [0, 0.05) is 22.3 Å². The Bertz CT molecular complexity index is 3630. The first-order chi connectivity index (χ1) is 30.2. The average Bonchev–Trinajstić information content (AvgIpc) is 4.05. The van der Waals surface area contributed by atoms with E-state index in [0.29, 0.717) is 67.5 Å². The Morgan fingerprint density at radius 3 is 1.15 bits per heavy atom. The first-order valence-corrected chi connectivity index (χ1v) is 24.3. The molecule has 0 saturated heterocycles. The molecule has 0 saturated carbocycles. The third-order valence-electron chi connectivity index (χ3n) is 10.3. The molecule has 0 unspecified atom stereocenters. The summed E-state index contributed by atoms with van der Waals surface area (Å²) < 4.78 is 137. The number of hydrogen-bond acceptors (Lipinski definition) is 12. The fourth-order valence-electron chi connectivity index (χ4n) is 7.39. The fourth-order valence-corrected chi connectivity index (χ4v) is 9.31. The van der Waals surface area contributed by atoms with Crippen LogP contribution in [0.4, 0.5) is 0 Å². The predicted octanol–water partition coefficient (Wildman–Crippen LogP) is 6.03. The van der Waals surface area contributed by atoms with Gasteiger partial charge in [-0.2, -0.15) is 33.7 Å². The van der Waals surface area contributed by atoms with Crippen LogP contribution in [-0.2, 0) is 40.5 Å². The van der Waals surface area contributed by atoms with Gasteiger partial charge in [-0.05, 0) is 119 Å². The van der Waals surface area contributed by atoms with Crippen LogP contribution >= 0.6 is 0 Å². The molecule has 9 rings (SSSR count). The SMILES string of the molecule is O=S(=O)(O)c1ccc(C2=CC3=CC4=NC(=CC5=NC(=CC6=NC(=C(c7ccc(S(=O)(=O)O)cc7)C2=N3)C(c2ccc(S(=O)(=O)O)cc2)=C6c2ccc(S(=O)(=O)O)cc2)C=C5)C=C4)cc1.[NaH]. The normalized spacial score (nSPS) is 17.2. The van der Waals surface area contributed by atoms with E-state index in [0.717, 1.165) is 0 Å². The maximum atomic E-state index is 12.3. The summed E-state index contributed by atoms with van der Waals surface area (Å²) in [6, 6.07) is 20.9. The van der Waals surface area contributed by atoms with E-state index in [1.54, 1.807) is 48.6 Å². The molecule has 5 aliphatic rings. The van der Waals surface area contributed by atoms with Crippen LogP contribution in [0.2, 0.25) is 0 Å². The minimum absolute atomic E-state index is 0. The van der Waals surface area contributed by atoms with Crippen LogP contribution in [0.25, 0.3) is 22.3 Å². The van der Waals surface area contributed by atoms with Crippen molar-refractivity contribution in [2.75, 3.05) is 0 Å². The minimum atomic E-state index is -4.68. The van der Waals surface area contributed by atoms with Gasteiger partial charge in [0.1, 0.15) is 0 Å². The van der Waals surface area contributed by atoms with E-state index in [-0.39, 0.29) is 57.1 Å². The van der Waals surface area contributed by atoms with E-state index in [1.165, 1.54) is 97.1 Å². The first kappa shape index (κ1) is 45.7. The molecule has 5 heterocycles. The zero-order chi connectivity index (χ0) is 45.3. The van der Waals surface area contributed by atoms with Crippen LogP contribution in [0.3, 0.4) is 0 Å². The average molecular weight is 957 g/mol. The van der Waals surface area contributed by atoms with Crippen molar-refractivity contribution in [3.05, 3.63) is 191 Å². The van der Waals surface area contributed by atoms with Gasteiger partial charge in [-0.25, -0.2) is 20.0 Å². The third kappa shape index (κ3) is 9.32. The topological polar surface area (TPSA) is 267 Å². The standard InChI is InChI=1S/C44H28N4O12S4.Na.H/c49-61(50,51)34-13-1-25(2-14-34)38-23-33-22-31-10-9-29(45-31)21-30-11-12-32(46-30)24-39-40(26-3-15-35(16-4-26)62(52,53)54)41(27-5-17-36(18-6-27)63(55,56)57)44(48-39)42(43(38)47-33)28-7-19-37(20-8-28)64(58,59)60;;/h1-24H,(H,49,50,51)(H,52,53,54)(H,55,56,57)(H,58,59,60);;. The zero-order valence-corrected chi connectivity index (χ0v) is 35.6. The Hall–Kier alpha value is -5.88. The molecule has 0 aliphatic carbocycles. The maximum absolute atomic E-state index is 12.3. The van der Waals surface area contributed by atoms with Crippen molar-refractivity contribution < 1.29 is 51.9 Å². The molecule has 4 aromatic carbocycles. The third-order valence-corrected chi connectivity index (χ3v) is 13.7. The van der Waals surface area contributed by atoms with Gasteiger partial charge in [0.2, 0.25) is 0 Å². The second-order valence-corrected chi connectivity index (χ2v) is 20.1. The zero-order valence-electron chi connectivity index (χ0n) is 32.3. The van der Waals surface area contributed by atoms with Crippen LogP contribution in [0.1, 0.15) is 22.3 Å². The molecular formula is C44H29N4NaO12S4. The summed E-state index contributed by atoms with van der Waals surface area (Å²) in [7, 11) is -18.6. The number of benzene rings is 4. The van der Waals surface area contributed by atoms with Crippen molar-refractivity contribution in [3.63, 3.8) is 0 Å². The summed E-state index contributed by atoms with van der Waals surface area (Å²) >= 11 is 0. The molecule has 0 spiro atoms. The van der Waals surface area contributed by atoms with E-state index < -0.39 is 55.2 Å². The Kier molecular flexibility index (Phi) is 11.8. The van der Waals surface area contributed by atoms with Gasteiger partial charge in [-0.1, -0.05) is 48.5 Å². The quantitative estimate of drug-likeness (QED) is 0.117. The van der Waals surface area contributed by atoms with Crippen LogP contribution in [0, 0.1) is 0 Å². The molecule has 0 amide bonds. The predicted molar refractivity (Wildman–Crippen MR) is 246 cm³/mol. The summed E-state index contributed by atoms with van der Waals surface area (Å²) in [5, 5.41) is 0. The Morgan fingerprint density at radius 2 is 0.723 bits per heavy atom. The van der Waals surface area contributed by atoms with Crippen LogP contribution in [-0.4, -0.2) is 104 Å². The number of fused-ring (bicyclic) bond motifs is 4. The Labute approximate surface area is 394 Å². The van der Waals surface area contributed by atoms with Crippen molar-refractivity contribution in [2.45, 2.75) is 19.6 Å². The molecule has 21 heteroatoms. The Balaban J connectivity index is 0.00000576. The summed E-state index contributed by atoms with van der Waals surface area (Å²) in [4.78, 5) is 18.1. The summed E-state index contributed by atoms with van der Waals surface area (Å²) in [5.41, 5.74) is 5.69. The number of rotatable bonds is 8. The van der Waals surface area contributed by atoms with E-state index in [2.05, 4.69) is 0 Å². The molecule has 65 heavy (non-hydrogen) atoms. The van der Waals surface area contributed by atoms with Crippen molar-refractivity contribution in [3.8, 4) is 0 Å². The van der Waals surface area contributed by atoms with Gasteiger partial charge in [-0.15, -0.1) is 0 Å². The van der Waals surface area contributed by atoms with E-state index >= 15 is 0 Å². The van der Waals surface area contributed by atoms with E-state index in [1.807, 2.05) is 0 Å². The second-order valence-electron chi connectivity index (χ2n) is 14.4. The van der Waals surface area contributed by atoms with Gasteiger partial charge in [0.15, 0.2) is 0 Å². The second kappa shape index (κ2) is 16.8. The molecule has 0 atom stereocenters. The molecule has 5 aliphatic heterocycles. The molecule has 4 N–H and O–H groups in total. The first-order valence-electron chi connectivity index (χ1n) is 18.6. The number of allylic oxidation sites excluding steroid dienone is 12. The van der Waals surface area contributed by atoms with Crippen molar-refractivity contribution >= 4 is 115 Å². The van der Waals surface area contributed by atoms with E-state index in [4.69, 9.17) is 20.0 Å². The summed E-state index contributed by atoms with van der Waals surface area (Å²) in [5.74, 6) is 0. The number of aliphatic imine (C=N–C) groups is 4. The molecular weight excluding hydrogens is 928 g/mol. The monoisotopic (exact) mass is 956 g/mol. The summed E-state index contributed by atoms with van der Waals surface area (Å²) in [6.45, 7) is 0. The molecule has 322 valence electrons. The fraction of sp³-hybridized carbons (Fsp3) is 0. The van der Waals surface area contributed by atoms with Crippen LogP contribution in [0.15, 0.2) is 208 Å². The van der Waals surface area contributed by atoms with Gasteiger partial charge < -0.3 is 0 Å². The van der Waals surface area contributed by atoms with Gasteiger partial charge in [0.25, 0.3) is 40.5 Å². The molecule has 0 fully saturated rings. The van der Waals surface area contributed by atoms with Gasteiger partial charge in [0.05, 0.1) is 65.2 Å². The summed E-state index contributed by atoms with van der Waals surface area (Å²) in [6.07, 6.45) is 13.9. The molecule has 16 nitrogen and oxygen atoms in total. The molecule has 0 aromatic heterocycles. The van der Waals surface area contributed by atoms with Gasteiger partial charge >= 0.3 is 29.6 Å². The van der Waals surface area contributed by atoms with Crippen molar-refractivity contribution in [1.82, 2.24) is 0 Å².